The van der Waals surface area contributed by atoms with Crippen LogP contribution in [0.2, 0.25) is 0 Å². The second-order valence-corrected chi connectivity index (χ2v) is 5.89. The van der Waals surface area contributed by atoms with Gasteiger partial charge in [0.2, 0.25) is 0 Å². The summed E-state index contributed by atoms with van der Waals surface area (Å²) in [6.45, 7) is 0.981. The Balaban J connectivity index is 1.55. The lowest BCUT2D eigenvalue weighted by Gasteiger charge is -2.18. The van der Waals surface area contributed by atoms with Gasteiger partial charge in [-0.2, -0.15) is 0 Å². The van der Waals surface area contributed by atoms with Gasteiger partial charge in [0, 0.05) is 10.8 Å². The molecule has 0 fully saturated rings. The average molecular weight is 352 g/mol. The fourth-order valence-corrected chi connectivity index (χ4v) is 2.90. The van der Waals surface area contributed by atoms with E-state index < -0.39 is 5.97 Å². The van der Waals surface area contributed by atoms with Crippen LogP contribution < -0.4 is 9.47 Å². The number of aromatic hydroxyl groups is 2. The van der Waals surface area contributed by atoms with Gasteiger partial charge in [0.1, 0.15) is 36.9 Å². The molecule has 132 valence electrons. The summed E-state index contributed by atoms with van der Waals surface area (Å²) in [6.07, 6.45) is 0. The van der Waals surface area contributed by atoms with Crippen molar-refractivity contribution in [2.45, 2.75) is 6.61 Å². The highest BCUT2D eigenvalue weighted by molar-refractivity contribution is 6.03. The summed E-state index contributed by atoms with van der Waals surface area (Å²) >= 11 is 0. The van der Waals surface area contributed by atoms with Crippen LogP contribution >= 0.6 is 0 Å². The molecule has 1 heterocycles. The Labute approximate surface area is 149 Å². The standard InChI is InChI=1S/C20H16O6/c21-16-10-15(19(22)14-4-2-1-3-13(14)16)20(23)26-11-12-5-6-17-18(9-12)25-8-7-24-17/h1-6,9-10,21-22H,7-8,11H2. The van der Waals surface area contributed by atoms with Crippen molar-refractivity contribution < 1.29 is 29.2 Å². The smallest absolute Gasteiger partial charge is 0.342 e. The lowest BCUT2D eigenvalue weighted by Crippen LogP contribution is -2.15. The third-order valence-electron chi connectivity index (χ3n) is 4.19. The molecule has 0 bridgehead atoms. The number of phenols is 2. The lowest BCUT2D eigenvalue weighted by atomic mass is 10.0. The van der Waals surface area contributed by atoms with Gasteiger partial charge in [-0.3, -0.25) is 0 Å². The summed E-state index contributed by atoms with van der Waals surface area (Å²) < 4.78 is 16.2. The average Bonchev–Trinajstić information content (AvgIpc) is 2.68. The largest absolute Gasteiger partial charge is 0.507 e. The van der Waals surface area contributed by atoms with Crippen molar-refractivity contribution in [1.82, 2.24) is 0 Å². The molecule has 3 aromatic carbocycles. The van der Waals surface area contributed by atoms with Gasteiger partial charge in [0.15, 0.2) is 11.5 Å². The fraction of sp³-hybridized carbons (Fsp3) is 0.150. The molecule has 4 rings (SSSR count). The maximum absolute atomic E-state index is 12.4. The summed E-state index contributed by atoms with van der Waals surface area (Å²) in [5, 5.41) is 21.3. The first-order chi connectivity index (χ1) is 12.6. The van der Waals surface area contributed by atoms with E-state index in [2.05, 4.69) is 0 Å². The van der Waals surface area contributed by atoms with Gasteiger partial charge in [-0.25, -0.2) is 4.79 Å². The Kier molecular flexibility index (Phi) is 4.01. The molecule has 0 aliphatic carbocycles. The monoisotopic (exact) mass is 352 g/mol. The molecule has 6 heteroatoms. The molecule has 6 nitrogen and oxygen atoms in total. The minimum Gasteiger partial charge on any atom is -0.507 e. The zero-order valence-electron chi connectivity index (χ0n) is 13.8. The Morgan fingerprint density at radius 1 is 0.962 bits per heavy atom. The van der Waals surface area contributed by atoms with Crippen LogP contribution in [0.15, 0.2) is 48.5 Å². The molecule has 0 radical (unpaired) electrons. The molecule has 1 aliphatic heterocycles. The number of phenolic OH excluding ortho intramolecular Hbond substituents is 2. The van der Waals surface area contributed by atoms with Crippen LogP contribution in [0.5, 0.6) is 23.0 Å². The van der Waals surface area contributed by atoms with E-state index in [-0.39, 0.29) is 23.7 Å². The lowest BCUT2D eigenvalue weighted by molar-refractivity contribution is 0.0468. The molecule has 0 amide bonds. The minimum atomic E-state index is -0.724. The van der Waals surface area contributed by atoms with E-state index in [1.54, 1.807) is 42.5 Å². The normalized spacial score (nSPS) is 12.8. The Morgan fingerprint density at radius 2 is 1.69 bits per heavy atom. The topological polar surface area (TPSA) is 85.2 Å². The predicted octanol–water partition coefficient (Wildman–Crippen LogP) is 3.38. The maximum atomic E-state index is 12.4. The Hall–Kier alpha value is -3.41. The van der Waals surface area contributed by atoms with Crippen LogP contribution in [-0.4, -0.2) is 29.4 Å². The van der Waals surface area contributed by atoms with Gasteiger partial charge in [-0.1, -0.05) is 30.3 Å². The molecule has 0 saturated heterocycles. The molecule has 0 saturated carbocycles. The number of ether oxygens (including phenoxy) is 3. The number of esters is 1. The minimum absolute atomic E-state index is 0.00248. The molecule has 0 aromatic heterocycles. The van der Waals surface area contributed by atoms with E-state index in [9.17, 15) is 15.0 Å². The Bertz CT molecular complexity index is 995. The van der Waals surface area contributed by atoms with Crippen LogP contribution in [-0.2, 0) is 11.3 Å². The number of hydrogen-bond donors (Lipinski definition) is 2. The second kappa shape index (κ2) is 6.48. The van der Waals surface area contributed by atoms with Crippen molar-refractivity contribution in [3.8, 4) is 23.0 Å². The summed E-state index contributed by atoms with van der Waals surface area (Å²) in [7, 11) is 0. The molecular weight excluding hydrogens is 336 g/mol. The van der Waals surface area contributed by atoms with E-state index >= 15 is 0 Å². The first-order valence-corrected chi connectivity index (χ1v) is 8.13. The second-order valence-electron chi connectivity index (χ2n) is 5.89. The van der Waals surface area contributed by atoms with E-state index in [4.69, 9.17) is 14.2 Å². The van der Waals surface area contributed by atoms with E-state index in [0.29, 0.717) is 35.5 Å². The van der Waals surface area contributed by atoms with E-state index in [1.165, 1.54) is 6.07 Å². The highest BCUT2D eigenvalue weighted by Crippen LogP contribution is 2.36. The van der Waals surface area contributed by atoms with Crippen LogP contribution in [0.25, 0.3) is 10.8 Å². The Morgan fingerprint density at radius 3 is 2.50 bits per heavy atom. The molecule has 0 atom stereocenters. The van der Waals surface area contributed by atoms with E-state index in [0.717, 1.165) is 5.56 Å². The van der Waals surface area contributed by atoms with Crippen LogP contribution in [0.1, 0.15) is 15.9 Å². The number of hydrogen-bond acceptors (Lipinski definition) is 6. The van der Waals surface area contributed by atoms with Crippen molar-refractivity contribution in [3.05, 3.63) is 59.7 Å². The van der Waals surface area contributed by atoms with Gasteiger partial charge in [0.25, 0.3) is 0 Å². The van der Waals surface area contributed by atoms with Gasteiger partial charge in [-0.05, 0) is 23.8 Å². The number of carbonyl (C=O) groups is 1. The van der Waals surface area contributed by atoms with Gasteiger partial charge in [-0.15, -0.1) is 0 Å². The molecule has 2 N–H and O–H groups in total. The van der Waals surface area contributed by atoms with Crippen molar-refractivity contribution in [3.63, 3.8) is 0 Å². The SMILES string of the molecule is O=C(OCc1ccc2c(c1)OCCO2)c1cc(O)c2ccccc2c1O. The predicted molar refractivity (Wildman–Crippen MR) is 93.8 cm³/mol. The molecule has 26 heavy (non-hydrogen) atoms. The van der Waals surface area contributed by atoms with Crippen LogP contribution in [0, 0.1) is 0 Å². The summed E-state index contributed by atoms with van der Waals surface area (Å²) in [5.74, 6) is 0.230. The highest BCUT2D eigenvalue weighted by Gasteiger charge is 2.19. The molecule has 0 spiro atoms. The van der Waals surface area contributed by atoms with Crippen molar-refractivity contribution in [2.24, 2.45) is 0 Å². The van der Waals surface area contributed by atoms with Gasteiger partial charge < -0.3 is 24.4 Å². The maximum Gasteiger partial charge on any atom is 0.342 e. The zero-order valence-corrected chi connectivity index (χ0v) is 13.8. The number of benzene rings is 3. The third kappa shape index (κ3) is 2.86. The molecule has 0 unspecified atom stereocenters. The summed E-state index contributed by atoms with van der Waals surface area (Å²) in [6, 6.07) is 13.2. The molecular formula is C20H16O6. The van der Waals surface area contributed by atoms with Crippen LogP contribution in [0.4, 0.5) is 0 Å². The van der Waals surface area contributed by atoms with Crippen LogP contribution in [0.3, 0.4) is 0 Å². The van der Waals surface area contributed by atoms with E-state index in [1.807, 2.05) is 0 Å². The molecule has 3 aromatic rings. The van der Waals surface area contributed by atoms with Crippen molar-refractivity contribution in [2.75, 3.05) is 13.2 Å². The first-order valence-electron chi connectivity index (χ1n) is 8.13. The van der Waals surface area contributed by atoms with Gasteiger partial charge >= 0.3 is 5.97 Å². The summed E-state index contributed by atoms with van der Waals surface area (Å²) in [5.41, 5.74) is 0.644. The first kappa shape index (κ1) is 16.1. The quantitative estimate of drug-likeness (QED) is 0.555. The fourth-order valence-electron chi connectivity index (χ4n) is 2.90. The number of carbonyl (C=O) groups excluding carboxylic acids is 1. The number of fused-ring (bicyclic) bond motifs is 2. The third-order valence-corrected chi connectivity index (χ3v) is 4.19. The molecule has 1 aliphatic rings. The summed E-state index contributed by atoms with van der Waals surface area (Å²) in [4.78, 5) is 12.4. The van der Waals surface area contributed by atoms with Gasteiger partial charge in [0.05, 0.1) is 0 Å². The zero-order chi connectivity index (χ0) is 18.1. The highest BCUT2D eigenvalue weighted by atomic mass is 16.6. The number of rotatable bonds is 3. The van der Waals surface area contributed by atoms with Crippen molar-refractivity contribution >= 4 is 16.7 Å². The van der Waals surface area contributed by atoms with Crippen molar-refractivity contribution in [1.29, 1.82) is 0 Å².